The molecule has 3 nitrogen and oxygen atoms in total. The standard InChI is InChI=1S/C12H18O3/c1-3-15-12-8-10(5-4-9(2)13)6-7-11(12)14/h6-9,13-14H,3-5H2,1-2H3/t9-/m1/s1. The molecule has 15 heavy (non-hydrogen) atoms. The van der Waals surface area contributed by atoms with Crippen LogP contribution in [0.5, 0.6) is 11.5 Å². The summed E-state index contributed by atoms with van der Waals surface area (Å²) in [5.74, 6) is 0.679. The van der Waals surface area contributed by atoms with Crippen LogP contribution in [0.3, 0.4) is 0 Å². The predicted octanol–water partition coefficient (Wildman–Crippen LogP) is 2.10. The number of hydrogen-bond donors (Lipinski definition) is 2. The molecule has 0 aromatic heterocycles. The van der Waals surface area contributed by atoms with Crippen molar-refractivity contribution >= 4 is 0 Å². The van der Waals surface area contributed by atoms with E-state index in [4.69, 9.17) is 9.84 Å². The highest BCUT2D eigenvalue weighted by Crippen LogP contribution is 2.27. The fourth-order valence-electron chi connectivity index (χ4n) is 1.36. The van der Waals surface area contributed by atoms with Gasteiger partial charge in [-0.15, -0.1) is 0 Å². The summed E-state index contributed by atoms with van der Waals surface area (Å²) in [5, 5.41) is 18.6. The van der Waals surface area contributed by atoms with E-state index < -0.39 is 0 Å². The summed E-state index contributed by atoms with van der Waals surface area (Å²) in [6.07, 6.45) is 1.21. The minimum absolute atomic E-state index is 0.164. The molecule has 1 aromatic carbocycles. The molecule has 0 saturated carbocycles. The third-order valence-corrected chi connectivity index (χ3v) is 2.17. The van der Waals surface area contributed by atoms with Gasteiger partial charge < -0.3 is 14.9 Å². The number of phenols is 1. The summed E-state index contributed by atoms with van der Waals surface area (Å²) in [7, 11) is 0. The summed E-state index contributed by atoms with van der Waals surface area (Å²) in [6.45, 7) is 4.18. The quantitative estimate of drug-likeness (QED) is 0.782. The summed E-state index contributed by atoms with van der Waals surface area (Å²) < 4.78 is 5.27. The molecule has 0 saturated heterocycles. The van der Waals surface area contributed by atoms with E-state index in [2.05, 4.69) is 0 Å². The molecule has 3 heteroatoms. The number of aromatic hydroxyl groups is 1. The highest BCUT2D eigenvalue weighted by atomic mass is 16.5. The van der Waals surface area contributed by atoms with Gasteiger partial charge in [0, 0.05) is 0 Å². The molecule has 0 aliphatic carbocycles. The molecule has 0 aliphatic heterocycles. The van der Waals surface area contributed by atoms with Crippen molar-refractivity contribution < 1.29 is 14.9 Å². The van der Waals surface area contributed by atoms with Gasteiger partial charge in [0.2, 0.25) is 0 Å². The van der Waals surface area contributed by atoms with Crippen LogP contribution in [-0.4, -0.2) is 22.9 Å². The van der Waals surface area contributed by atoms with Crippen molar-refractivity contribution in [2.24, 2.45) is 0 Å². The van der Waals surface area contributed by atoms with Crippen LogP contribution >= 0.6 is 0 Å². The van der Waals surface area contributed by atoms with E-state index in [0.717, 1.165) is 18.4 Å². The van der Waals surface area contributed by atoms with Gasteiger partial charge in [-0.1, -0.05) is 6.07 Å². The number of aliphatic hydroxyl groups excluding tert-OH is 1. The van der Waals surface area contributed by atoms with Crippen molar-refractivity contribution in [2.45, 2.75) is 32.8 Å². The number of benzene rings is 1. The predicted molar refractivity (Wildman–Crippen MR) is 59.3 cm³/mol. The second-order valence-corrected chi connectivity index (χ2v) is 3.62. The average Bonchev–Trinajstić information content (AvgIpc) is 2.19. The first kappa shape index (κ1) is 11.9. The molecule has 0 radical (unpaired) electrons. The van der Waals surface area contributed by atoms with Gasteiger partial charge in [-0.2, -0.15) is 0 Å². The van der Waals surface area contributed by atoms with Gasteiger partial charge in [-0.25, -0.2) is 0 Å². The van der Waals surface area contributed by atoms with Crippen LogP contribution in [0.15, 0.2) is 18.2 Å². The Kier molecular flexibility index (Phi) is 4.43. The molecule has 84 valence electrons. The second-order valence-electron chi connectivity index (χ2n) is 3.62. The van der Waals surface area contributed by atoms with Gasteiger partial charge in [0.1, 0.15) is 0 Å². The monoisotopic (exact) mass is 210 g/mol. The van der Waals surface area contributed by atoms with Crippen molar-refractivity contribution in [1.29, 1.82) is 0 Å². The first-order valence-corrected chi connectivity index (χ1v) is 5.26. The second kappa shape index (κ2) is 5.61. The summed E-state index contributed by atoms with van der Waals surface area (Å²) >= 11 is 0. The number of aliphatic hydroxyl groups is 1. The maximum Gasteiger partial charge on any atom is 0.161 e. The lowest BCUT2D eigenvalue weighted by molar-refractivity contribution is 0.185. The molecule has 0 spiro atoms. The Labute approximate surface area is 90.3 Å². The fourth-order valence-corrected chi connectivity index (χ4v) is 1.36. The van der Waals surface area contributed by atoms with Gasteiger partial charge in [0.15, 0.2) is 11.5 Å². The zero-order chi connectivity index (χ0) is 11.3. The molecular weight excluding hydrogens is 192 g/mol. The first-order chi connectivity index (χ1) is 7.13. The van der Waals surface area contributed by atoms with Crippen molar-refractivity contribution in [1.82, 2.24) is 0 Å². The van der Waals surface area contributed by atoms with E-state index in [1.807, 2.05) is 19.1 Å². The molecular formula is C12H18O3. The van der Waals surface area contributed by atoms with Crippen LogP contribution in [0, 0.1) is 0 Å². The maximum absolute atomic E-state index is 9.47. The number of phenolic OH excluding ortho intramolecular Hbond substituents is 1. The summed E-state index contributed by atoms with van der Waals surface area (Å²) in [4.78, 5) is 0. The smallest absolute Gasteiger partial charge is 0.161 e. The molecule has 1 atom stereocenters. The van der Waals surface area contributed by atoms with Crippen LogP contribution in [0.4, 0.5) is 0 Å². The van der Waals surface area contributed by atoms with Crippen LogP contribution in [0.25, 0.3) is 0 Å². The Morgan fingerprint density at radius 3 is 2.73 bits per heavy atom. The van der Waals surface area contributed by atoms with Crippen molar-refractivity contribution in [2.75, 3.05) is 6.61 Å². The topological polar surface area (TPSA) is 49.7 Å². The van der Waals surface area contributed by atoms with Crippen molar-refractivity contribution in [3.8, 4) is 11.5 Å². The lowest BCUT2D eigenvalue weighted by Gasteiger charge is -2.09. The zero-order valence-corrected chi connectivity index (χ0v) is 9.23. The zero-order valence-electron chi connectivity index (χ0n) is 9.23. The van der Waals surface area contributed by atoms with Crippen LogP contribution in [0.2, 0.25) is 0 Å². The first-order valence-electron chi connectivity index (χ1n) is 5.26. The largest absolute Gasteiger partial charge is 0.504 e. The maximum atomic E-state index is 9.47. The van der Waals surface area contributed by atoms with Gasteiger partial charge in [0.05, 0.1) is 12.7 Å². The molecule has 0 fully saturated rings. The normalized spacial score (nSPS) is 12.5. The third-order valence-electron chi connectivity index (χ3n) is 2.17. The van der Waals surface area contributed by atoms with E-state index >= 15 is 0 Å². The fraction of sp³-hybridized carbons (Fsp3) is 0.500. The average molecular weight is 210 g/mol. The van der Waals surface area contributed by atoms with E-state index in [1.54, 1.807) is 13.0 Å². The van der Waals surface area contributed by atoms with E-state index in [1.165, 1.54) is 0 Å². The molecule has 2 N–H and O–H groups in total. The summed E-state index contributed by atoms with van der Waals surface area (Å²) in [5.41, 5.74) is 1.07. The number of ether oxygens (including phenoxy) is 1. The Balaban J connectivity index is 2.69. The summed E-state index contributed by atoms with van der Waals surface area (Å²) in [6, 6.07) is 5.30. The highest BCUT2D eigenvalue weighted by molar-refractivity contribution is 5.41. The lowest BCUT2D eigenvalue weighted by atomic mass is 10.1. The van der Waals surface area contributed by atoms with Crippen LogP contribution < -0.4 is 4.74 Å². The highest BCUT2D eigenvalue weighted by Gasteiger charge is 2.04. The molecule has 0 amide bonds. The molecule has 0 bridgehead atoms. The Morgan fingerprint density at radius 1 is 1.40 bits per heavy atom. The van der Waals surface area contributed by atoms with Crippen molar-refractivity contribution in [3.05, 3.63) is 23.8 Å². The Hall–Kier alpha value is -1.22. The molecule has 0 aliphatic rings. The lowest BCUT2D eigenvalue weighted by Crippen LogP contribution is -2.01. The van der Waals surface area contributed by atoms with Crippen LogP contribution in [-0.2, 0) is 6.42 Å². The number of aryl methyl sites for hydroxylation is 1. The van der Waals surface area contributed by atoms with Gasteiger partial charge >= 0.3 is 0 Å². The number of rotatable bonds is 5. The van der Waals surface area contributed by atoms with Crippen molar-refractivity contribution in [3.63, 3.8) is 0 Å². The minimum Gasteiger partial charge on any atom is -0.504 e. The Morgan fingerprint density at radius 2 is 2.13 bits per heavy atom. The number of hydrogen-bond acceptors (Lipinski definition) is 3. The molecule has 1 aromatic rings. The van der Waals surface area contributed by atoms with E-state index in [9.17, 15) is 5.11 Å². The minimum atomic E-state index is -0.297. The SMILES string of the molecule is CCOc1cc(CC[C@@H](C)O)ccc1O. The third kappa shape index (κ3) is 3.80. The molecule has 0 heterocycles. The van der Waals surface area contributed by atoms with E-state index in [-0.39, 0.29) is 11.9 Å². The van der Waals surface area contributed by atoms with Gasteiger partial charge in [-0.3, -0.25) is 0 Å². The van der Waals surface area contributed by atoms with E-state index in [0.29, 0.717) is 12.4 Å². The Bertz CT molecular complexity index is 308. The molecule has 0 unspecified atom stereocenters. The van der Waals surface area contributed by atoms with Gasteiger partial charge in [-0.05, 0) is 44.4 Å². The van der Waals surface area contributed by atoms with Gasteiger partial charge in [0.25, 0.3) is 0 Å². The molecule has 1 rings (SSSR count). The van der Waals surface area contributed by atoms with Crippen LogP contribution in [0.1, 0.15) is 25.8 Å².